The van der Waals surface area contributed by atoms with Crippen LogP contribution in [0.3, 0.4) is 0 Å². The van der Waals surface area contributed by atoms with E-state index >= 15 is 0 Å². The Hall–Kier alpha value is -1.31. The van der Waals surface area contributed by atoms with Gasteiger partial charge in [-0.1, -0.05) is 11.6 Å². The molecule has 2 heterocycles. The van der Waals surface area contributed by atoms with Crippen molar-refractivity contribution in [1.29, 1.82) is 0 Å². The van der Waals surface area contributed by atoms with Crippen molar-refractivity contribution in [2.75, 3.05) is 11.9 Å². The summed E-state index contributed by atoms with van der Waals surface area (Å²) in [5.74, 6) is -0.0286. The van der Waals surface area contributed by atoms with Crippen molar-refractivity contribution in [3.63, 3.8) is 0 Å². The molecule has 1 atom stereocenters. The van der Waals surface area contributed by atoms with Gasteiger partial charge in [0.05, 0.1) is 11.7 Å². The smallest absolute Gasteiger partial charge is 0.387 e. The third kappa shape index (κ3) is 3.84. The molecule has 0 amide bonds. The topological polar surface area (TPSA) is 45.1 Å². The van der Waals surface area contributed by atoms with Crippen LogP contribution in [0.2, 0.25) is 5.15 Å². The predicted octanol–water partition coefficient (Wildman–Crippen LogP) is 3.96. The number of aliphatic hydroxyl groups excluding tert-OH is 1. The number of halogens is 4. The van der Waals surface area contributed by atoms with Crippen LogP contribution in [0, 0.1) is 0 Å². The predicted molar refractivity (Wildman–Crippen MR) is 72.0 cm³/mol. The van der Waals surface area contributed by atoms with Gasteiger partial charge in [-0.25, -0.2) is 4.98 Å². The van der Waals surface area contributed by atoms with E-state index in [1.54, 1.807) is 16.8 Å². The standard InChI is InChI=1S/C12H10ClF3N2OS/c13-10-3-8(12(14,15)16)4-11(18-10)17-5-9(19)7-1-2-20-6-7/h1-4,6,9,19H,5H2,(H,17,18). The summed E-state index contributed by atoms with van der Waals surface area (Å²) in [5.41, 5.74) is -0.189. The molecule has 0 bridgehead atoms. The van der Waals surface area contributed by atoms with Crippen LogP contribution in [0.4, 0.5) is 19.0 Å². The molecule has 0 spiro atoms. The Kier molecular flexibility index (Phi) is 4.52. The molecule has 0 fully saturated rings. The average molecular weight is 323 g/mol. The number of nitrogens with zero attached hydrogens (tertiary/aromatic N) is 1. The molecule has 0 aliphatic heterocycles. The first-order valence-electron chi connectivity index (χ1n) is 5.55. The number of pyridine rings is 1. The van der Waals surface area contributed by atoms with Crippen molar-refractivity contribution < 1.29 is 18.3 Å². The van der Waals surface area contributed by atoms with Gasteiger partial charge in [-0.05, 0) is 34.5 Å². The molecule has 1 unspecified atom stereocenters. The summed E-state index contributed by atoms with van der Waals surface area (Å²) in [6.07, 6.45) is -5.31. The van der Waals surface area contributed by atoms with E-state index in [0.29, 0.717) is 5.56 Å². The molecule has 8 heteroatoms. The van der Waals surface area contributed by atoms with Crippen molar-refractivity contribution in [3.05, 3.63) is 45.2 Å². The van der Waals surface area contributed by atoms with Gasteiger partial charge in [0.15, 0.2) is 0 Å². The van der Waals surface area contributed by atoms with Crippen LogP contribution in [0.1, 0.15) is 17.2 Å². The van der Waals surface area contributed by atoms with Crippen LogP contribution in [0.25, 0.3) is 0 Å². The molecule has 0 saturated heterocycles. The fraction of sp³-hybridized carbons (Fsp3) is 0.250. The third-order valence-electron chi connectivity index (χ3n) is 2.53. The van der Waals surface area contributed by atoms with Crippen molar-refractivity contribution in [1.82, 2.24) is 4.98 Å². The summed E-state index contributed by atoms with van der Waals surface area (Å²) < 4.78 is 37.8. The molecule has 2 N–H and O–H groups in total. The van der Waals surface area contributed by atoms with Crippen molar-refractivity contribution in [2.24, 2.45) is 0 Å². The zero-order chi connectivity index (χ0) is 14.8. The highest BCUT2D eigenvalue weighted by atomic mass is 35.5. The van der Waals surface area contributed by atoms with Crippen LogP contribution >= 0.6 is 22.9 Å². The molecule has 20 heavy (non-hydrogen) atoms. The number of anilines is 1. The van der Waals surface area contributed by atoms with Gasteiger partial charge in [0.1, 0.15) is 11.0 Å². The first-order valence-corrected chi connectivity index (χ1v) is 6.87. The Labute approximate surface area is 122 Å². The second-order valence-electron chi connectivity index (χ2n) is 4.01. The molecule has 108 valence electrons. The van der Waals surface area contributed by atoms with Crippen LogP contribution in [0.5, 0.6) is 0 Å². The number of rotatable bonds is 4. The maximum absolute atomic E-state index is 12.6. The lowest BCUT2D eigenvalue weighted by atomic mass is 10.2. The van der Waals surface area contributed by atoms with Gasteiger partial charge in [0, 0.05) is 6.54 Å². The average Bonchev–Trinajstić information content (AvgIpc) is 2.88. The molecule has 0 aliphatic rings. The number of thiophene rings is 1. The largest absolute Gasteiger partial charge is 0.416 e. The van der Waals surface area contributed by atoms with Gasteiger partial charge < -0.3 is 10.4 Å². The summed E-state index contributed by atoms with van der Waals surface area (Å²) in [6, 6.07) is 3.35. The van der Waals surface area contributed by atoms with Gasteiger partial charge >= 0.3 is 6.18 Å². The Bertz CT molecular complexity index is 575. The van der Waals surface area contributed by atoms with Gasteiger partial charge in [0.25, 0.3) is 0 Å². The zero-order valence-corrected chi connectivity index (χ0v) is 11.6. The van der Waals surface area contributed by atoms with Crippen LogP contribution in [-0.4, -0.2) is 16.6 Å². The Morgan fingerprint density at radius 3 is 2.75 bits per heavy atom. The van der Waals surface area contributed by atoms with Gasteiger partial charge in [-0.2, -0.15) is 24.5 Å². The Morgan fingerprint density at radius 1 is 1.40 bits per heavy atom. The monoisotopic (exact) mass is 322 g/mol. The first-order chi connectivity index (χ1) is 9.36. The molecule has 0 radical (unpaired) electrons. The van der Waals surface area contributed by atoms with Crippen molar-refractivity contribution in [3.8, 4) is 0 Å². The lowest BCUT2D eigenvalue weighted by Gasteiger charge is -2.13. The lowest BCUT2D eigenvalue weighted by molar-refractivity contribution is -0.137. The maximum Gasteiger partial charge on any atom is 0.416 e. The second-order valence-corrected chi connectivity index (χ2v) is 5.18. The minimum atomic E-state index is -4.49. The van der Waals surface area contributed by atoms with Crippen molar-refractivity contribution >= 4 is 28.8 Å². The number of aliphatic hydroxyl groups is 1. The quantitative estimate of drug-likeness (QED) is 0.837. The van der Waals surface area contributed by atoms with E-state index in [1.807, 2.05) is 0 Å². The summed E-state index contributed by atoms with van der Waals surface area (Å²) in [5, 5.41) is 15.8. The SMILES string of the molecule is OC(CNc1cc(C(F)(F)F)cc(Cl)n1)c1ccsc1. The summed E-state index contributed by atoms with van der Waals surface area (Å²) in [4.78, 5) is 3.75. The van der Waals surface area contributed by atoms with Crippen LogP contribution in [-0.2, 0) is 6.18 Å². The molecule has 0 aromatic carbocycles. The summed E-state index contributed by atoms with van der Waals surface area (Å²) in [7, 11) is 0. The Morgan fingerprint density at radius 2 is 2.15 bits per heavy atom. The Balaban J connectivity index is 2.08. The normalized spacial score (nSPS) is 13.2. The van der Waals surface area contributed by atoms with Crippen LogP contribution < -0.4 is 5.32 Å². The van der Waals surface area contributed by atoms with E-state index in [4.69, 9.17) is 11.6 Å². The molecule has 0 aliphatic carbocycles. The number of alkyl halides is 3. The number of aromatic nitrogens is 1. The second kappa shape index (κ2) is 5.99. The molecular weight excluding hydrogens is 313 g/mol. The van der Waals surface area contributed by atoms with E-state index < -0.39 is 17.8 Å². The number of nitrogens with one attached hydrogen (secondary N) is 1. The zero-order valence-electron chi connectivity index (χ0n) is 9.99. The van der Waals surface area contributed by atoms with E-state index in [1.165, 1.54) is 11.3 Å². The summed E-state index contributed by atoms with van der Waals surface area (Å²) >= 11 is 6.98. The van der Waals surface area contributed by atoms with Crippen LogP contribution in [0.15, 0.2) is 29.0 Å². The maximum atomic E-state index is 12.6. The molecule has 2 rings (SSSR count). The van der Waals surface area contributed by atoms with Crippen molar-refractivity contribution in [2.45, 2.75) is 12.3 Å². The highest BCUT2D eigenvalue weighted by Gasteiger charge is 2.31. The minimum absolute atomic E-state index is 0.0286. The summed E-state index contributed by atoms with van der Waals surface area (Å²) in [6.45, 7) is 0.0430. The number of hydrogen-bond donors (Lipinski definition) is 2. The number of hydrogen-bond acceptors (Lipinski definition) is 4. The van der Waals surface area contributed by atoms with Gasteiger partial charge in [-0.15, -0.1) is 0 Å². The van der Waals surface area contributed by atoms with E-state index in [2.05, 4.69) is 10.3 Å². The highest BCUT2D eigenvalue weighted by molar-refractivity contribution is 7.07. The first kappa shape index (κ1) is 15.1. The molecular formula is C12H10ClF3N2OS. The molecule has 0 saturated carbocycles. The van der Waals surface area contributed by atoms with E-state index in [0.717, 1.165) is 12.1 Å². The molecule has 3 nitrogen and oxygen atoms in total. The van der Waals surface area contributed by atoms with Gasteiger partial charge in [-0.3, -0.25) is 0 Å². The third-order valence-corrected chi connectivity index (χ3v) is 3.42. The highest BCUT2D eigenvalue weighted by Crippen LogP contribution is 2.32. The lowest BCUT2D eigenvalue weighted by Crippen LogP contribution is -2.14. The fourth-order valence-electron chi connectivity index (χ4n) is 1.53. The molecule has 2 aromatic heterocycles. The minimum Gasteiger partial charge on any atom is -0.387 e. The van der Waals surface area contributed by atoms with Gasteiger partial charge in [0.2, 0.25) is 0 Å². The van der Waals surface area contributed by atoms with E-state index in [9.17, 15) is 18.3 Å². The molecule has 2 aromatic rings. The van der Waals surface area contributed by atoms with E-state index in [-0.39, 0.29) is 17.5 Å². The fourth-order valence-corrected chi connectivity index (χ4v) is 2.45.